The van der Waals surface area contributed by atoms with Crippen LogP contribution in [0.25, 0.3) is 0 Å². The van der Waals surface area contributed by atoms with Gasteiger partial charge in [-0.1, -0.05) is 30.3 Å². The maximum absolute atomic E-state index is 10.3. The Bertz CT molecular complexity index is 564. The summed E-state index contributed by atoms with van der Waals surface area (Å²) in [5, 5.41) is 20.6. The van der Waals surface area contributed by atoms with Crippen molar-refractivity contribution < 1.29 is 19.7 Å². The van der Waals surface area contributed by atoms with Crippen LogP contribution in [-0.4, -0.2) is 24.4 Å². The number of aliphatic hydroxyl groups is 2. The molecule has 0 saturated heterocycles. The van der Waals surface area contributed by atoms with Crippen LogP contribution in [0.3, 0.4) is 0 Å². The van der Waals surface area contributed by atoms with Crippen LogP contribution < -0.4 is 9.47 Å². The summed E-state index contributed by atoms with van der Waals surface area (Å²) in [5.41, 5.74) is 1.20. The maximum Gasteiger partial charge on any atom is 0.194 e. The van der Waals surface area contributed by atoms with Gasteiger partial charge in [-0.05, 0) is 23.8 Å². The number of rotatable bonds is 5. The summed E-state index contributed by atoms with van der Waals surface area (Å²) in [6, 6.07) is 14.1. The number of hydrogen-bond acceptors (Lipinski definition) is 4. The van der Waals surface area contributed by atoms with Gasteiger partial charge < -0.3 is 19.7 Å². The van der Waals surface area contributed by atoms with Crippen molar-refractivity contribution in [3.05, 3.63) is 59.7 Å². The van der Waals surface area contributed by atoms with Crippen molar-refractivity contribution in [2.45, 2.75) is 12.2 Å². The lowest BCUT2D eigenvalue weighted by Gasteiger charge is -2.23. The summed E-state index contributed by atoms with van der Waals surface area (Å²) < 4.78 is 10.3. The van der Waals surface area contributed by atoms with E-state index in [1.807, 2.05) is 30.3 Å². The Morgan fingerprint density at radius 1 is 0.900 bits per heavy atom. The second-order valence-corrected chi connectivity index (χ2v) is 4.55. The van der Waals surface area contributed by atoms with Gasteiger partial charge in [-0.15, -0.1) is 0 Å². The molecule has 20 heavy (non-hydrogen) atoms. The van der Waals surface area contributed by atoms with E-state index in [1.165, 1.54) is 14.2 Å². The number of benzene rings is 2. The summed E-state index contributed by atoms with van der Waals surface area (Å²) in [7, 11) is 3.04. The van der Waals surface area contributed by atoms with E-state index in [-0.39, 0.29) is 6.42 Å². The van der Waals surface area contributed by atoms with Crippen molar-refractivity contribution in [2.24, 2.45) is 0 Å². The molecule has 0 aliphatic rings. The molecule has 2 rings (SSSR count). The minimum absolute atomic E-state index is 0.101. The van der Waals surface area contributed by atoms with Gasteiger partial charge in [0.05, 0.1) is 14.2 Å². The van der Waals surface area contributed by atoms with E-state index in [0.29, 0.717) is 17.1 Å². The highest BCUT2D eigenvalue weighted by Gasteiger charge is 2.27. The standard InChI is InChI=1S/C16H18O4/c1-19-14-9-8-13(10-15(14)20-2)16(17,18)11-12-6-4-3-5-7-12/h3-10,17-18H,11H2,1-2H3. The fraction of sp³-hybridized carbons (Fsp3) is 0.250. The van der Waals surface area contributed by atoms with Crippen LogP contribution in [0.1, 0.15) is 11.1 Å². The van der Waals surface area contributed by atoms with Crippen molar-refractivity contribution in [1.82, 2.24) is 0 Å². The zero-order chi connectivity index (χ0) is 14.6. The zero-order valence-electron chi connectivity index (χ0n) is 11.5. The van der Waals surface area contributed by atoms with Crippen LogP contribution in [0, 0.1) is 0 Å². The molecular formula is C16H18O4. The molecule has 0 bridgehead atoms. The Kier molecular flexibility index (Phi) is 4.27. The van der Waals surface area contributed by atoms with E-state index in [4.69, 9.17) is 9.47 Å². The summed E-state index contributed by atoms with van der Waals surface area (Å²) in [5.74, 6) is -0.946. The van der Waals surface area contributed by atoms with Crippen LogP contribution in [0.15, 0.2) is 48.5 Å². The third kappa shape index (κ3) is 3.10. The number of hydrogen-bond donors (Lipinski definition) is 2. The Morgan fingerprint density at radius 3 is 2.15 bits per heavy atom. The predicted molar refractivity (Wildman–Crippen MR) is 75.8 cm³/mol. The molecule has 0 radical (unpaired) electrons. The van der Waals surface area contributed by atoms with Crippen molar-refractivity contribution in [3.63, 3.8) is 0 Å². The van der Waals surface area contributed by atoms with E-state index < -0.39 is 5.79 Å². The second-order valence-electron chi connectivity index (χ2n) is 4.55. The molecule has 0 aliphatic carbocycles. The molecule has 0 heterocycles. The van der Waals surface area contributed by atoms with Crippen LogP contribution in [0.5, 0.6) is 11.5 Å². The molecule has 0 fully saturated rings. The summed E-state index contributed by atoms with van der Waals surface area (Å²) in [4.78, 5) is 0. The Balaban J connectivity index is 2.29. The maximum atomic E-state index is 10.3. The lowest BCUT2D eigenvalue weighted by Crippen LogP contribution is -2.27. The first-order valence-corrected chi connectivity index (χ1v) is 6.28. The SMILES string of the molecule is COc1ccc(C(O)(O)Cc2ccccc2)cc1OC. The molecule has 0 atom stereocenters. The van der Waals surface area contributed by atoms with Gasteiger partial charge in [0.15, 0.2) is 17.3 Å². The van der Waals surface area contributed by atoms with Gasteiger partial charge in [0.25, 0.3) is 0 Å². The summed E-state index contributed by atoms with van der Waals surface area (Å²) in [6.45, 7) is 0. The fourth-order valence-corrected chi connectivity index (χ4v) is 2.07. The monoisotopic (exact) mass is 274 g/mol. The van der Waals surface area contributed by atoms with E-state index >= 15 is 0 Å². The van der Waals surface area contributed by atoms with E-state index in [9.17, 15) is 10.2 Å². The van der Waals surface area contributed by atoms with Gasteiger partial charge in [-0.25, -0.2) is 0 Å². The van der Waals surface area contributed by atoms with Gasteiger partial charge >= 0.3 is 0 Å². The highest BCUT2D eigenvalue weighted by atomic mass is 16.5. The summed E-state index contributed by atoms with van der Waals surface area (Å²) >= 11 is 0. The van der Waals surface area contributed by atoms with Gasteiger partial charge in [0.2, 0.25) is 0 Å². The first-order chi connectivity index (χ1) is 9.56. The molecule has 0 aromatic heterocycles. The van der Waals surface area contributed by atoms with E-state index in [1.54, 1.807) is 18.2 Å². The van der Waals surface area contributed by atoms with Crippen LogP contribution in [-0.2, 0) is 12.2 Å². The molecular weight excluding hydrogens is 256 g/mol. The number of methoxy groups -OCH3 is 2. The second kappa shape index (κ2) is 5.94. The van der Waals surface area contributed by atoms with Crippen molar-refractivity contribution in [1.29, 1.82) is 0 Å². The number of ether oxygens (including phenoxy) is 2. The highest BCUT2D eigenvalue weighted by Crippen LogP contribution is 2.32. The van der Waals surface area contributed by atoms with Crippen LogP contribution in [0.2, 0.25) is 0 Å². The van der Waals surface area contributed by atoms with Crippen molar-refractivity contribution in [2.75, 3.05) is 14.2 Å². The minimum atomic E-state index is -1.96. The Labute approximate surface area is 118 Å². The molecule has 0 amide bonds. The average Bonchev–Trinajstić information content (AvgIpc) is 2.47. The van der Waals surface area contributed by atoms with Crippen molar-refractivity contribution in [3.8, 4) is 11.5 Å². The van der Waals surface area contributed by atoms with Gasteiger partial charge in [-0.2, -0.15) is 0 Å². The molecule has 2 aromatic rings. The molecule has 0 spiro atoms. The summed E-state index contributed by atoms with van der Waals surface area (Å²) in [6.07, 6.45) is 0.101. The Morgan fingerprint density at radius 2 is 1.55 bits per heavy atom. The van der Waals surface area contributed by atoms with E-state index in [0.717, 1.165) is 5.56 Å². The molecule has 0 saturated carbocycles. The molecule has 2 N–H and O–H groups in total. The first kappa shape index (κ1) is 14.4. The van der Waals surface area contributed by atoms with E-state index in [2.05, 4.69) is 0 Å². The minimum Gasteiger partial charge on any atom is -0.493 e. The molecule has 0 aliphatic heterocycles. The normalized spacial score (nSPS) is 11.2. The van der Waals surface area contributed by atoms with Gasteiger partial charge in [0.1, 0.15) is 0 Å². The van der Waals surface area contributed by atoms with Crippen molar-refractivity contribution >= 4 is 0 Å². The lowest BCUT2D eigenvalue weighted by atomic mass is 9.97. The highest BCUT2D eigenvalue weighted by molar-refractivity contribution is 5.44. The van der Waals surface area contributed by atoms with Crippen LogP contribution >= 0.6 is 0 Å². The third-order valence-corrected chi connectivity index (χ3v) is 3.14. The molecule has 0 unspecified atom stereocenters. The van der Waals surface area contributed by atoms with Gasteiger partial charge in [-0.3, -0.25) is 0 Å². The zero-order valence-corrected chi connectivity index (χ0v) is 11.5. The smallest absolute Gasteiger partial charge is 0.194 e. The Hall–Kier alpha value is -2.04. The fourth-order valence-electron chi connectivity index (χ4n) is 2.07. The first-order valence-electron chi connectivity index (χ1n) is 6.28. The molecule has 4 nitrogen and oxygen atoms in total. The molecule has 4 heteroatoms. The topological polar surface area (TPSA) is 58.9 Å². The quantitative estimate of drug-likeness (QED) is 0.820. The van der Waals surface area contributed by atoms with Gasteiger partial charge in [0, 0.05) is 12.0 Å². The predicted octanol–water partition coefficient (Wildman–Crippen LogP) is 2.08. The lowest BCUT2D eigenvalue weighted by molar-refractivity contribution is -0.168. The molecule has 106 valence electrons. The average molecular weight is 274 g/mol. The molecule has 2 aromatic carbocycles. The largest absolute Gasteiger partial charge is 0.493 e. The third-order valence-electron chi connectivity index (χ3n) is 3.14. The van der Waals surface area contributed by atoms with Crippen LogP contribution in [0.4, 0.5) is 0 Å².